The molecule has 1 atom stereocenters. The molecule has 0 aromatic heterocycles. The lowest BCUT2D eigenvalue weighted by atomic mass is 10.3. The number of hydrogen-bond donors (Lipinski definition) is 2. The van der Waals surface area contributed by atoms with E-state index in [2.05, 4.69) is 17.9 Å². The van der Waals surface area contributed by atoms with E-state index in [1.165, 1.54) is 0 Å². The van der Waals surface area contributed by atoms with Crippen LogP contribution in [0.15, 0.2) is 29.2 Å². The Hall–Kier alpha value is -0.610. The predicted octanol–water partition coefficient (Wildman–Crippen LogP) is 2.67. The van der Waals surface area contributed by atoms with Crippen molar-refractivity contribution in [2.24, 2.45) is 0 Å². The average Bonchev–Trinajstić information content (AvgIpc) is 2.18. The highest BCUT2D eigenvalue weighted by Crippen LogP contribution is 2.19. The fraction of sp³-hybridized carbons (Fsp3) is 0.300. The van der Waals surface area contributed by atoms with Gasteiger partial charge in [-0.3, -0.25) is 4.79 Å². The summed E-state index contributed by atoms with van der Waals surface area (Å²) >= 11 is 5.70. The fourth-order valence-electron chi connectivity index (χ4n) is 0.948. The number of amides is 1. The van der Waals surface area contributed by atoms with Gasteiger partial charge in [0.1, 0.15) is 0 Å². The number of thioether (sulfide) groups is 1. The Balaban J connectivity index is 2.72. The summed E-state index contributed by atoms with van der Waals surface area (Å²) in [6, 6.07) is 7.74. The predicted molar refractivity (Wildman–Crippen MR) is 65.3 cm³/mol. The highest BCUT2D eigenvalue weighted by molar-refractivity contribution is 7.98. The van der Waals surface area contributed by atoms with Crippen LogP contribution < -0.4 is 5.32 Å². The van der Waals surface area contributed by atoms with E-state index < -0.39 is 0 Å². The number of thiol groups is 1. The minimum absolute atomic E-state index is 0.0772. The van der Waals surface area contributed by atoms with E-state index in [9.17, 15) is 4.79 Å². The van der Waals surface area contributed by atoms with Crippen molar-refractivity contribution in [3.8, 4) is 0 Å². The van der Waals surface area contributed by atoms with Gasteiger partial charge in [-0.25, -0.2) is 0 Å². The summed E-state index contributed by atoms with van der Waals surface area (Å²) in [5.41, 5.74) is 0.822. The zero-order chi connectivity index (χ0) is 10.6. The van der Waals surface area contributed by atoms with Crippen LogP contribution in [0.2, 0.25) is 0 Å². The number of carbonyl (C=O) groups is 1. The summed E-state index contributed by atoms with van der Waals surface area (Å²) in [7, 11) is 0. The first-order valence-electron chi connectivity index (χ1n) is 4.26. The average molecular weight is 227 g/mol. The van der Waals surface area contributed by atoms with Crippen molar-refractivity contribution < 1.29 is 4.79 Å². The van der Waals surface area contributed by atoms with Gasteiger partial charge in [0.05, 0.1) is 5.25 Å². The van der Waals surface area contributed by atoms with E-state index in [1.54, 1.807) is 18.7 Å². The Labute approximate surface area is 93.9 Å². The van der Waals surface area contributed by atoms with Crippen molar-refractivity contribution in [2.45, 2.75) is 17.1 Å². The van der Waals surface area contributed by atoms with E-state index in [0.29, 0.717) is 0 Å². The lowest BCUT2D eigenvalue weighted by Gasteiger charge is -2.07. The summed E-state index contributed by atoms with van der Waals surface area (Å²) in [6.07, 6.45) is 2.00. The molecule has 76 valence electrons. The van der Waals surface area contributed by atoms with Gasteiger partial charge in [-0.2, -0.15) is 12.6 Å². The summed E-state index contributed by atoms with van der Waals surface area (Å²) in [6.45, 7) is 1.75. The molecule has 0 spiro atoms. The number of anilines is 1. The number of carbonyl (C=O) groups excluding carboxylic acids is 1. The van der Waals surface area contributed by atoms with Crippen molar-refractivity contribution in [3.63, 3.8) is 0 Å². The minimum atomic E-state index is -0.284. The monoisotopic (exact) mass is 227 g/mol. The van der Waals surface area contributed by atoms with E-state index >= 15 is 0 Å². The molecule has 1 aromatic rings. The third kappa shape index (κ3) is 3.27. The second-order valence-corrected chi connectivity index (χ2v) is 4.55. The van der Waals surface area contributed by atoms with Crippen LogP contribution in [0.3, 0.4) is 0 Å². The van der Waals surface area contributed by atoms with Gasteiger partial charge in [0, 0.05) is 10.6 Å². The van der Waals surface area contributed by atoms with Crippen LogP contribution >= 0.6 is 24.4 Å². The van der Waals surface area contributed by atoms with Crippen LogP contribution in [-0.4, -0.2) is 17.4 Å². The third-order valence-electron chi connectivity index (χ3n) is 1.72. The maximum absolute atomic E-state index is 11.3. The molecule has 0 bridgehead atoms. The van der Waals surface area contributed by atoms with Crippen LogP contribution in [0.5, 0.6) is 0 Å². The molecular weight excluding hydrogens is 214 g/mol. The Morgan fingerprint density at radius 3 is 2.86 bits per heavy atom. The van der Waals surface area contributed by atoms with E-state index in [4.69, 9.17) is 0 Å². The molecule has 0 saturated carbocycles. The molecule has 1 N–H and O–H groups in total. The molecule has 0 fully saturated rings. The maximum atomic E-state index is 11.3. The van der Waals surface area contributed by atoms with E-state index in [1.807, 2.05) is 30.5 Å². The zero-order valence-corrected chi connectivity index (χ0v) is 9.86. The first-order chi connectivity index (χ1) is 6.63. The summed E-state index contributed by atoms with van der Waals surface area (Å²) in [5.74, 6) is -0.0772. The van der Waals surface area contributed by atoms with Gasteiger partial charge >= 0.3 is 0 Å². The summed E-state index contributed by atoms with van der Waals surface area (Å²) < 4.78 is 0. The van der Waals surface area contributed by atoms with Gasteiger partial charge in [-0.15, -0.1) is 11.8 Å². The number of benzene rings is 1. The number of hydrogen-bond acceptors (Lipinski definition) is 3. The highest BCUT2D eigenvalue weighted by atomic mass is 32.2. The standard InChI is InChI=1S/C10H13NOS2/c1-7(13)10(12)11-8-4-3-5-9(6-8)14-2/h3-7,13H,1-2H3,(H,11,12). The first-order valence-corrected chi connectivity index (χ1v) is 6.00. The number of nitrogens with one attached hydrogen (secondary N) is 1. The van der Waals surface area contributed by atoms with Gasteiger partial charge in [0.2, 0.25) is 5.91 Å². The van der Waals surface area contributed by atoms with Gasteiger partial charge in [-0.05, 0) is 31.4 Å². The smallest absolute Gasteiger partial charge is 0.236 e. The van der Waals surface area contributed by atoms with Gasteiger partial charge in [-0.1, -0.05) is 6.07 Å². The quantitative estimate of drug-likeness (QED) is 0.614. The molecule has 0 radical (unpaired) electrons. The molecule has 1 amide bonds. The fourth-order valence-corrected chi connectivity index (χ4v) is 1.47. The van der Waals surface area contributed by atoms with Crippen molar-refractivity contribution in [2.75, 3.05) is 11.6 Å². The topological polar surface area (TPSA) is 29.1 Å². The molecule has 2 nitrogen and oxygen atoms in total. The lowest BCUT2D eigenvalue weighted by molar-refractivity contribution is -0.115. The summed E-state index contributed by atoms with van der Waals surface area (Å²) in [4.78, 5) is 12.5. The zero-order valence-electron chi connectivity index (χ0n) is 8.15. The number of rotatable bonds is 3. The van der Waals surface area contributed by atoms with E-state index in [-0.39, 0.29) is 11.2 Å². The summed E-state index contributed by atoms with van der Waals surface area (Å²) in [5, 5.41) is 2.50. The van der Waals surface area contributed by atoms with Crippen LogP contribution in [0.4, 0.5) is 5.69 Å². The molecule has 14 heavy (non-hydrogen) atoms. The van der Waals surface area contributed by atoms with Gasteiger partial charge in [0.15, 0.2) is 0 Å². The molecular formula is C10H13NOS2. The van der Waals surface area contributed by atoms with Gasteiger partial charge < -0.3 is 5.32 Å². The second kappa shape index (κ2) is 5.32. The van der Waals surface area contributed by atoms with Crippen molar-refractivity contribution in [3.05, 3.63) is 24.3 Å². The maximum Gasteiger partial charge on any atom is 0.236 e. The Morgan fingerprint density at radius 2 is 2.29 bits per heavy atom. The normalized spacial score (nSPS) is 12.2. The van der Waals surface area contributed by atoms with Gasteiger partial charge in [0.25, 0.3) is 0 Å². The largest absolute Gasteiger partial charge is 0.325 e. The van der Waals surface area contributed by atoms with Crippen LogP contribution in [0.25, 0.3) is 0 Å². The molecule has 4 heteroatoms. The molecule has 1 unspecified atom stereocenters. The molecule has 1 rings (SSSR count). The lowest BCUT2D eigenvalue weighted by Crippen LogP contribution is -2.20. The SMILES string of the molecule is CSc1cccc(NC(=O)C(C)S)c1. The molecule has 0 aliphatic carbocycles. The molecule has 0 saturated heterocycles. The Morgan fingerprint density at radius 1 is 1.57 bits per heavy atom. The van der Waals surface area contributed by atoms with Crippen molar-refractivity contribution in [1.29, 1.82) is 0 Å². The highest BCUT2D eigenvalue weighted by Gasteiger charge is 2.07. The molecule has 1 aromatic carbocycles. The van der Waals surface area contributed by atoms with E-state index in [0.717, 1.165) is 10.6 Å². The van der Waals surface area contributed by atoms with Crippen molar-refractivity contribution >= 4 is 36.0 Å². The molecule has 0 aliphatic rings. The molecule has 0 aliphatic heterocycles. The Kier molecular flexibility index (Phi) is 4.35. The second-order valence-electron chi connectivity index (χ2n) is 2.90. The van der Waals surface area contributed by atoms with Crippen LogP contribution in [0, 0.1) is 0 Å². The first kappa shape index (κ1) is 11.5. The Bertz CT molecular complexity index is 326. The third-order valence-corrected chi connectivity index (χ3v) is 2.68. The molecule has 0 heterocycles. The van der Waals surface area contributed by atoms with Crippen LogP contribution in [0.1, 0.15) is 6.92 Å². The minimum Gasteiger partial charge on any atom is -0.325 e. The van der Waals surface area contributed by atoms with Crippen molar-refractivity contribution in [1.82, 2.24) is 0 Å². The van der Waals surface area contributed by atoms with Crippen LogP contribution in [-0.2, 0) is 4.79 Å².